The van der Waals surface area contributed by atoms with Crippen LogP contribution in [-0.4, -0.2) is 23.5 Å². The average molecular weight is 318 g/mol. The highest BCUT2D eigenvalue weighted by molar-refractivity contribution is 5.92. The summed E-state index contributed by atoms with van der Waals surface area (Å²) >= 11 is 0. The second-order valence-electron chi connectivity index (χ2n) is 5.46. The molecule has 1 heterocycles. The summed E-state index contributed by atoms with van der Waals surface area (Å²) in [5, 5.41) is 2.86. The van der Waals surface area contributed by atoms with Crippen LogP contribution in [-0.2, 0) is 0 Å². The van der Waals surface area contributed by atoms with Gasteiger partial charge in [-0.25, -0.2) is 0 Å². The van der Waals surface area contributed by atoms with Crippen molar-refractivity contribution < 1.29 is 4.79 Å². The van der Waals surface area contributed by atoms with E-state index in [1.165, 1.54) is 31.2 Å². The fraction of sp³-hybridized carbons (Fsp3) is 0.571. The standard InChI is InChI=1S/C14H19N3O.2ClH/c15-12(10-3-4-10)8-17-14(18)13-6-5-11(7-16-13)9-1-2-9;;/h5-7,9-10,12H,1-4,8,15H2,(H,17,18);2*1H. The molecule has 0 spiro atoms. The van der Waals surface area contributed by atoms with Crippen molar-refractivity contribution in [2.45, 2.75) is 37.6 Å². The fourth-order valence-electron chi connectivity index (χ4n) is 2.19. The molecule has 112 valence electrons. The second kappa shape index (κ2) is 7.25. The molecule has 1 unspecified atom stereocenters. The molecule has 3 rings (SSSR count). The lowest BCUT2D eigenvalue weighted by atomic mass is 10.1. The van der Waals surface area contributed by atoms with Gasteiger partial charge >= 0.3 is 0 Å². The number of hydrogen-bond acceptors (Lipinski definition) is 3. The Kier molecular flexibility index (Phi) is 6.24. The Balaban J connectivity index is 0.000001000. The lowest BCUT2D eigenvalue weighted by Crippen LogP contribution is -2.38. The third-order valence-corrected chi connectivity index (χ3v) is 3.79. The normalized spacial score (nSPS) is 18.4. The molecule has 0 bridgehead atoms. The van der Waals surface area contributed by atoms with Gasteiger partial charge in [0.05, 0.1) is 0 Å². The molecule has 20 heavy (non-hydrogen) atoms. The SMILES string of the molecule is Cl.Cl.NC(CNC(=O)c1ccc(C2CC2)cn1)C1CC1. The maximum atomic E-state index is 11.9. The summed E-state index contributed by atoms with van der Waals surface area (Å²) in [5.74, 6) is 1.17. The summed E-state index contributed by atoms with van der Waals surface area (Å²) in [6.45, 7) is 0.551. The number of nitrogens with zero attached hydrogens (tertiary/aromatic N) is 1. The number of rotatable bonds is 5. The number of carbonyl (C=O) groups is 1. The Bertz CT molecular complexity index is 444. The quantitative estimate of drug-likeness (QED) is 0.875. The van der Waals surface area contributed by atoms with E-state index in [9.17, 15) is 4.79 Å². The minimum Gasteiger partial charge on any atom is -0.349 e. The van der Waals surface area contributed by atoms with Crippen molar-refractivity contribution in [1.82, 2.24) is 10.3 Å². The Morgan fingerprint density at radius 3 is 2.50 bits per heavy atom. The molecule has 2 aliphatic rings. The molecule has 6 heteroatoms. The Morgan fingerprint density at radius 2 is 2.00 bits per heavy atom. The minimum atomic E-state index is -0.117. The van der Waals surface area contributed by atoms with Crippen molar-refractivity contribution in [3.63, 3.8) is 0 Å². The van der Waals surface area contributed by atoms with Crippen molar-refractivity contribution in [1.29, 1.82) is 0 Å². The van der Waals surface area contributed by atoms with E-state index < -0.39 is 0 Å². The number of carbonyl (C=O) groups excluding carboxylic acids is 1. The molecule has 2 saturated carbocycles. The van der Waals surface area contributed by atoms with E-state index in [1.807, 2.05) is 18.3 Å². The number of aromatic nitrogens is 1. The van der Waals surface area contributed by atoms with Crippen LogP contribution in [0.2, 0.25) is 0 Å². The van der Waals surface area contributed by atoms with E-state index in [0.29, 0.717) is 24.1 Å². The van der Waals surface area contributed by atoms with Crippen molar-refractivity contribution in [2.75, 3.05) is 6.54 Å². The van der Waals surface area contributed by atoms with Gasteiger partial charge in [0.1, 0.15) is 5.69 Å². The molecule has 1 aromatic heterocycles. The first-order chi connectivity index (χ1) is 8.74. The number of pyridine rings is 1. The van der Waals surface area contributed by atoms with Gasteiger partial charge < -0.3 is 11.1 Å². The lowest BCUT2D eigenvalue weighted by Gasteiger charge is -2.11. The van der Waals surface area contributed by atoms with Crippen molar-refractivity contribution in [3.05, 3.63) is 29.6 Å². The smallest absolute Gasteiger partial charge is 0.269 e. The number of amides is 1. The van der Waals surface area contributed by atoms with Gasteiger partial charge in [-0.15, -0.1) is 24.8 Å². The van der Waals surface area contributed by atoms with E-state index in [0.717, 1.165) is 0 Å². The van der Waals surface area contributed by atoms with Crippen LogP contribution >= 0.6 is 24.8 Å². The molecule has 1 aromatic rings. The topological polar surface area (TPSA) is 68.0 Å². The zero-order valence-corrected chi connectivity index (χ0v) is 12.9. The van der Waals surface area contributed by atoms with Gasteiger partial charge in [-0.05, 0) is 49.1 Å². The molecule has 3 N–H and O–H groups in total. The van der Waals surface area contributed by atoms with E-state index in [-0.39, 0.29) is 36.8 Å². The van der Waals surface area contributed by atoms with Gasteiger partial charge in [-0.3, -0.25) is 9.78 Å². The van der Waals surface area contributed by atoms with Crippen LogP contribution in [0, 0.1) is 5.92 Å². The Morgan fingerprint density at radius 1 is 1.30 bits per heavy atom. The monoisotopic (exact) mass is 317 g/mol. The summed E-state index contributed by atoms with van der Waals surface area (Å²) in [6.07, 6.45) is 6.73. The van der Waals surface area contributed by atoms with Crippen LogP contribution in [0.4, 0.5) is 0 Å². The molecule has 0 aromatic carbocycles. The molecule has 0 radical (unpaired) electrons. The third-order valence-electron chi connectivity index (χ3n) is 3.79. The van der Waals surface area contributed by atoms with Crippen LogP contribution in [0.5, 0.6) is 0 Å². The van der Waals surface area contributed by atoms with E-state index in [2.05, 4.69) is 10.3 Å². The molecule has 4 nitrogen and oxygen atoms in total. The number of nitrogens with one attached hydrogen (secondary N) is 1. The van der Waals surface area contributed by atoms with E-state index in [4.69, 9.17) is 5.73 Å². The highest BCUT2D eigenvalue weighted by atomic mass is 35.5. The maximum absolute atomic E-state index is 11.9. The molecule has 2 fully saturated rings. The highest BCUT2D eigenvalue weighted by Gasteiger charge is 2.28. The summed E-state index contributed by atoms with van der Waals surface area (Å²) in [4.78, 5) is 16.1. The first-order valence-corrected chi connectivity index (χ1v) is 6.74. The van der Waals surface area contributed by atoms with E-state index >= 15 is 0 Å². The zero-order valence-electron chi connectivity index (χ0n) is 11.2. The lowest BCUT2D eigenvalue weighted by molar-refractivity contribution is 0.0945. The summed E-state index contributed by atoms with van der Waals surface area (Å²) in [7, 11) is 0. The van der Waals surface area contributed by atoms with Gasteiger partial charge in [-0.1, -0.05) is 6.07 Å². The van der Waals surface area contributed by atoms with Crippen molar-refractivity contribution in [3.8, 4) is 0 Å². The maximum Gasteiger partial charge on any atom is 0.269 e. The first kappa shape index (κ1) is 17.2. The van der Waals surface area contributed by atoms with Gasteiger partial charge in [0.15, 0.2) is 0 Å². The molecular weight excluding hydrogens is 297 g/mol. The highest BCUT2D eigenvalue weighted by Crippen LogP contribution is 2.39. The molecule has 0 aliphatic heterocycles. The Labute approximate surface area is 131 Å². The summed E-state index contributed by atoms with van der Waals surface area (Å²) in [6, 6.07) is 3.92. The van der Waals surface area contributed by atoms with Crippen molar-refractivity contribution in [2.24, 2.45) is 11.7 Å². The van der Waals surface area contributed by atoms with Crippen molar-refractivity contribution >= 4 is 30.7 Å². The van der Waals surface area contributed by atoms with Crippen LogP contribution in [0.15, 0.2) is 18.3 Å². The number of hydrogen-bond donors (Lipinski definition) is 2. The average Bonchev–Trinajstić information content (AvgIpc) is 3.28. The molecule has 1 atom stereocenters. The van der Waals surface area contributed by atoms with Gasteiger partial charge in [0, 0.05) is 18.8 Å². The largest absolute Gasteiger partial charge is 0.349 e. The van der Waals surface area contributed by atoms with Crippen LogP contribution in [0.25, 0.3) is 0 Å². The predicted molar refractivity (Wildman–Crippen MR) is 83.7 cm³/mol. The number of halogens is 2. The van der Waals surface area contributed by atoms with E-state index in [1.54, 1.807) is 0 Å². The summed E-state index contributed by atoms with van der Waals surface area (Å²) in [5.41, 5.74) is 7.68. The van der Waals surface area contributed by atoms with Gasteiger partial charge in [-0.2, -0.15) is 0 Å². The van der Waals surface area contributed by atoms with Gasteiger partial charge in [0.25, 0.3) is 5.91 Å². The number of nitrogens with two attached hydrogens (primary N) is 1. The molecule has 2 aliphatic carbocycles. The van der Waals surface area contributed by atoms with Crippen LogP contribution < -0.4 is 11.1 Å². The predicted octanol–water partition coefficient (Wildman–Crippen LogP) is 2.27. The third kappa shape index (κ3) is 4.33. The first-order valence-electron chi connectivity index (χ1n) is 6.74. The van der Waals surface area contributed by atoms with Crippen LogP contribution in [0.1, 0.15) is 47.7 Å². The zero-order chi connectivity index (χ0) is 12.5. The minimum absolute atomic E-state index is 0. The fourth-order valence-corrected chi connectivity index (χ4v) is 2.19. The Hall–Kier alpha value is -0.840. The molecule has 1 amide bonds. The molecule has 0 saturated heterocycles. The van der Waals surface area contributed by atoms with Crippen LogP contribution in [0.3, 0.4) is 0 Å². The summed E-state index contributed by atoms with van der Waals surface area (Å²) < 4.78 is 0. The second-order valence-corrected chi connectivity index (χ2v) is 5.46. The van der Waals surface area contributed by atoms with Gasteiger partial charge in [0.2, 0.25) is 0 Å². The molecular formula is C14H21Cl2N3O.